The minimum Gasteiger partial charge on any atom is -0.507 e. The van der Waals surface area contributed by atoms with E-state index in [9.17, 15) is 19.8 Å². The van der Waals surface area contributed by atoms with Gasteiger partial charge < -0.3 is 19.7 Å². The highest BCUT2D eigenvalue weighted by Gasteiger charge is 2.14. The highest BCUT2D eigenvalue weighted by Crippen LogP contribution is 2.32. The summed E-state index contributed by atoms with van der Waals surface area (Å²) in [5.41, 5.74) is 1.71. The van der Waals surface area contributed by atoms with Crippen LogP contribution in [-0.4, -0.2) is 35.0 Å². The number of hydrogen-bond donors (Lipinski definition) is 2. The molecule has 29 heavy (non-hydrogen) atoms. The summed E-state index contributed by atoms with van der Waals surface area (Å²) in [4.78, 5) is 22.9. The van der Waals surface area contributed by atoms with Crippen LogP contribution in [0.5, 0.6) is 23.0 Å². The quantitative estimate of drug-likeness (QED) is 0.442. The van der Waals surface area contributed by atoms with Crippen molar-refractivity contribution < 1.29 is 29.3 Å². The molecule has 2 rings (SSSR count). The first-order valence-corrected chi connectivity index (χ1v) is 9.66. The van der Waals surface area contributed by atoms with E-state index in [1.54, 1.807) is 38.1 Å². The van der Waals surface area contributed by atoms with Crippen molar-refractivity contribution in [2.45, 2.75) is 47.0 Å². The van der Waals surface area contributed by atoms with E-state index in [2.05, 4.69) is 0 Å². The van der Waals surface area contributed by atoms with Crippen LogP contribution in [-0.2, 0) is 0 Å². The molecule has 6 heteroatoms. The fourth-order valence-corrected chi connectivity index (χ4v) is 2.99. The Balaban J connectivity index is 1.75. The van der Waals surface area contributed by atoms with Gasteiger partial charge >= 0.3 is 0 Å². The number of carbonyl (C=O) groups excluding carboxylic acids is 2. The van der Waals surface area contributed by atoms with Crippen LogP contribution in [0.3, 0.4) is 0 Å². The van der Waals surface area contributed by atoms with Gasteiger partial charge in [0, 0.05) is 11.1 Å². The van der Waals surface area contributed by atoms with E-state index in [4.69, 9.17) is 9.47 Å². The predicted octanol–water partition coefficient (Wildman–Crippen LogP) is 4.75. The van der Waals surface area contributed by atoms with Crippen LogP contribution in [0.2, 0.25) is 0 Å². The number of phenolic OH excluding ortho intramolecular Hbond substituents is 2. The van der Waals surface area contributed by atoms with Crippen molar-refractivity contribution in [1.29, 1.82) is 0 Å². The summed E-state index contributed by atoms with van der Waals surface area (Å²) in [5.74, 6) is 0.713. The second-order valence-corrected chi connectivity index (χ2v) is 7.04. The van der Waals surface area contributed by atoms with E-state index < -0.39 is 0 Å². The fraction of sp³-hybridized carbons (Fsp3) is 0.391. The zero-order valence-corrected chi connectivity index (χ0v) is 17.4. The molecule has 0 radical (unpaired) electrons. The summed E-state index contributed by atoms with van der Waals surface area (Å²) in [6.45, 7) is 7.26. The molecule has 0 unspecified atom stereocenters. The molecule has 0 spiro atoms. The number of Topliss-reactive ketones (excluding diaryl/α,β-unsaturated/α-hetero) is 2. The minimum absolute atomic E-state index is 0.0298. The first-order chi connectivity index (χ1) is 13.7. The summed E-state index contributed by atoms with van der Waals surface area (Å²) in [6.07, 6.45) is 2.50. The maximum absolute atomic E-state index is 11.4. The van der Waals surface area contributed by atoms with Crippen LogP contribution < -0.4 is 9.47 Å². The van der Waals surface area contributed by atoms with E-state index in [0.29, 0.717) is 47.0 Å². The summed E-state index contributed by atoms with van der Waals surface area (Å²) in [5, 5.41) is 20.1. The Morgan fingerprint density at radius 2 is 1.10 bits per heavy atom. The van der Waals surface area contributed by atoms with Gasteiger partial charge in [-0.15, -0.1) is 0 Å². The van der Waals surface area contributed by atoms with Gasteiger partial charge in [0.05, 0.1) is 24.3 Å². The van der Waals surface area contributed by atoms with Crippen molar-refractivity contribution in [3.05, 3.63) is 46.5 Å². The maximum Gasteiger partial charge on any atom is 0.163 e. The van der Waals surface area contributed by atoms with Gasteiger partial charge in [0.25, 0.3) is 0 Å². The van der Waals surface area contributed by atoms with E-state index in [1.807, 2.05) is 0 Å². The molecule has 6 nitrogen and oxygen atoms in total. The van der Waals surface area contributed by atoms with Crippen molar-refractivity contribution >= 4 is 11.6 Å². The molecule has 0 atom stereocenters. The van der Waals surface area contributed by atoms with Gasteiger partial charge in [-0.25, -0.2) is 0 Å². The number of unbranched alkanes of at least 4 members (excludes halogenated alkanes) is 2. The average molecular weight is 400 g/mol. The average Bonchev–Trinajstić information content (AvgIpc) is 2.66. The van der Waals surface area contributed by atoms with Crippen LogP contribution >= 0.6 is 0 Å². The molecule has 2 aromatic rings. The van der Waals surface area contributed by atoms with E-state index in [-0.39, 0.29) is 23.1 Å². The lowest BCUT2D eigenvalue weighted by Crippen LogP contribution is -2.04. The molecule has 0 saturated heterocycles. The first-order valence-electron chi connectivity index (χ1n) is 9.66. The Morgan fingerprint density at radius 1 is 0.724 bits per heavy atom. The summed E-state index contributed by atoms with van der Waals surface area (Å²) < 4.78 is 11.4. The van der Waals surface area contributed by atoms with Crippen molar-refractivity contribution in [2.24, 2.45) is 0 Å². The largest absolute Gasteiger partial charge is 0.507 e. The number of rotatable bonds is 10. The molecule has 0 heterocycles. The molecule has 2 N–H and O–H groups in total. The molecular weight excluding hydrogens is 372 g/mol. The topological polar surface area (TPSA) is 93.1 Å². The lowest BCUT2D eigenvalue weighted by molar-refractivity contribution is 0.100. The Morgan fingerprint density at radius 3 is 1.45 bits per heavy atom. The summed E-state index contributed by atoms with van der Waals surface area (Å²) in [6, 6.07) is 6.55. The summed E-state index contributed by atoms with van der Waals surface area (Å²) in [7, 11) is 0. The highest BCUT2D eigenvalue weighted by atomic mass is 16.5. The predicted molar refractivity (Wildman–Crippen MR) is 111 cm³/mol. The molecular formula is C23H28O6. The Labute approximate surface area is 171 Å². The zero-order chi connectivity index (χ0) is 21.6. The van der Waals surface area contributed by atoms with Crippen molar-refractivity contribution in [2.75, 3.05) is 13.2 Å². The molecule has 0 fully saturated rings. The number of aromatic hydroxyl groups is 2. The van der Waals surface area contributed by atoms with Gasteiger partial charge in [-0.1, -0.05) is 0 Å². The lowest BCUT2D eigenvalue weighted by Gasteiger charge is -2.13. The van der Waals surface area contributed by atoms with Gasteiger partial charge in [-0.2, -0.15) is 0 Å². The second kappa shape index (κ2) is 9.96. The van der Waals surface area contributed by atoms with Gasteiger partial charge in [0.15, 0.2) is 11.6 Å². The van der Waals surface area contributed by atoms with Crippen LogP contribution in [0.1, 0.15) is 65.0 Å². The maximum atomic E-state index is 11.4. The third-order valence-electron chi connectivity index (χ3n) is 4.82. The molecule has 0 aliphatic carbocycles. The van der Waals surface area contributed by atoms with Gasteiger partial charge in [0.2, 0.25) is 0 Å². The van der Waals surface area contributed by atoms with Crippen LogP contribution in [0.4, 0.5) is 0 Å². The second-order valence-electron chi connectivity index (χ2n) is 7.04. The first kappa shape index (κ1) is 22.3. The van der Waals surface area contributed by atoms with Crippen LogP contribution in [0.15, 0.2) is 24.3 Å². The van der Waals surface area contributed by atoms with Gasteiger partial charge in [-0.05, 0) is 71.2 Å². The van der Waals surface area contributed by atoms with E-state index in [1.165, 1.54) is 13.8 Å². The zero-order valence-electron chi connectivity index (χ0n) is 17.4. The standard InChI is InChI=1S/C23H28O6/c1-14-20(10-8-18(16(3)24)22(14)26)28-12-6-5-7-13-29-21-11-9-19(17(4)25)23(27)15(21)2/h8-11,26-27H,5-7,12-13H2,1-4H3. The Bertz CT molecular complexity index is 827. The molecule has 0 aromatic heterocycles. The van der Waals surface area contributed by atoms with E-state index in [0.717, 1.165) is 19.3 Å². The molecule has 2 aromatic carbocycles. The number of phenols is 2. The third-order valence-corrected chi connectivity index (χ3v) is 4.82. The van der Waals surface area contributed by atoms with Gasteiger partial charge in [-0.3, -0.25) is 9.59 Å². The van der Waals surface area contributed by atoms with Crippen molar-refractivity contribution in [3.8, 4) is 23.0 Å². The molecule has 0 amide bonds. The highest BCUT2D eigenvalue weighted by molar-refractivity contribution is 5.98. The molecule has 0 aliphatic heterocycles. The van der Waals surface area contributed by atoms with E-state index >= 15 is 0 Å². The minimum atomic E-state index is -0.184. The fourth-order valence-electron chi connectivity index (χ4n) is 2.99. The molecule has 0 aliphatic rings. The third kappa shape index (κ3) is 5.50. The van der Waals surface area contributed by atoms with Crippen molar-refractivity contribution in [1.82, 2.24) is 0 Å². The number of benzene rings is 2. The SMILES string of the molecule is CC(=O)c1ccc(OCCCCCOc2ccc(C(C)=O)c(O)c2C)c(C)c1O. The van der Waals surface area contributed by atoms with Gasteiger partial charge in [0.1, 0.15) is 23.0 Å². The lowest BCUT2D eigenvalue weighted by atomic mass is 10.1. The summed E-state index contributed by atoms with van der Waals surface area (Å²) >= 11 is 0. The normalized spacial score (nSPS) is 10.6. The number of ether oxygens (including phenoxy) is 2. The Kier molecular flexibility index (Phi) is 7.65. The number of hydrogen-bond acceptors (Lipinski definition) is 6. The molecule has 156 valence electrons. The molecule has 0 saturated carbocycles. The van der Waals surface area contributed by atoms with Crippen LogP contribution in [0.25, 0.3) is 0 Å². The number of ketones is 2. The molecule has 0 bridgehead atoms. The number of carbonyl (C=O) groups is 2. The Hall–Kier alpha value is -3.02. The van der Waals surface area contributed by atoms with Crippen molar-refractivity contribution in [3.63, 3.8) is 0 Å². The monoisotopic (exact) mass is 400 g/mol. The van der Waals surface area contributed by atoms with Crippen LogP contribution in [0, 0.1) is 13.8 Å². The smallest absolute Gasteiger partial charge is 0.163 e.